The fourth-order valence-electron chi connectivity index (χ4n) is 3.23. The third-order valence-electron chi connectivity index (χ3n) is 4.80. The smallest absolute Gasteiger partial charge is 0.288 e. The van der Waals surface area contributed by atoms with Crippen LogP contribution in [0.25, 0.3) is 22.6 Å². The molecule has 0 atom stereocenters. The van der Waals surface area contributed by atoms with Gasteiger partial charge in [-0.2, -0.15) is 4.57 Å². The van der Waals surface area contributed by atoms with Gasteiger partial charge in [-0.05, 0) is 23.3 Å². The van der Waals surface area contributed by atoms with Crippen LogP contribution < -0.4 is 9.88 Å². The summed E-state index contributed by atoms with van der Waals surface area (Å²) in [5.41, 5.74) is 3.33. The normalized spacial score (nSPS) is 11.5. The summed E-state index contributed by atoms with van der Waals surface area (Å²) in [6, 6.07) is 29.4. The minimum Gasteiger partial charge on any atom is -0.502 e. The zero-order chi connectivity index (χ0) is 21.6. The van der Waals surface area contributed by atoms with Crippen LogP contribution >= 0.6 is 12.2 Å². The standard InChI is InChI=1S/C26H19FN2OS/c27-22-11-5-6-12-23(22)28-26(31)24(29-17-7-2-8-18-29)25(30)21-15-13-20(14-16-21)19-9-3-1-4-10-19/h1-18H,(H-,28,30,31)/p+1. The van der Waals surface area contributed by atoms with Gasteiger partial charge in [-0.3, -0.25) is 0 Å². The first-order chi connectivity index (χ1) is 15.1. The minimum atomic E-state index is -0.422. The zero-order valence-corrected chi connectivity index (χ0v) is 17.4. The van der Waals surface area contributed by atoms with E-state index in [-0.39, 0.29) is 16.4 Å². The number of para-hydroxylation sites is 1. The molecule has 0 saturated heterocycles. The zero-order valence-electron chi connectivity index (χ0n) is 16.6. The second-order valence-corrected chi connectivity index (χ2v) is 7.27. The maximum Gasteiger partial charge on any atom is 0.288 e. The molecule has 0 bridgehead atoms. The Morgan fingerprint density at radius 2 is 1.32 bits per heavy atom. The van der Waals surface area contributed by atoms with E-state index in [4.69, 9.17) is 12.2 Å². The number of hydrogen-bond acceptors (Lipinski definition) is 2. The van der Waals surface area contributed by atoms with Crippen molar-refractivity contribution in [2.45, 2.75) is 0 Å². The Labute approximate surface area is 185 Å². The van der Waals surface area contributed by atoms with Gasteiger partial charge in [0.1, 0.15) is 5.82 Å². The Kier molecular flexibility index (Phi) is 6.15. The number of thiocarbonyl (C=S) groups is 1. The van der Waals surface area contributed by atoms with Crippen molar-refractivity contribution in [3.05, 3.63) is 121 Å². The number of rotatable bonds is 5. The molecule has 0 amide bonds. The maximum atomic E-state index is 14.1. The van der Waals surface area contributed by atoms with Crippen LogP contribution in [0.4, 0.5) is 10.1 Å². The van der Waals surface area contributed by atoms with Gasteiger partial charge in [0.05, 0.1) is 5.69 Å². The third kappa shape index (κ3) is 4.68. The molecule has 5 heteroatoms. The Bertz CT molecular complexity index is 1220. The summed E-state index contributed by atoms with van der Waals surface area (Å²) < 4.78 is 15.8. The minimum absolute atomic E-state index is 0.00958. The molecule has 4 aromatic rings. The van der Waals surface area contributed by atoms with Gasteiger partial charge in [0, 0.05) is 17.7 Å². The van der Waals surface area contributed by atoms with Gasteiger partial charge in [-0.15, -0.1) is 0 Å². The van der Waals surface area contributed by atoms with E-state index in [9.17, 15) is 9.50 Å². The highest BCUT2D eigenvalue weighted by Crippen LogP contribution is 2.24. The number of aliphatic hydroxyl groups is 1. The number of hydrogen-bond donors (Lipinski definition) is 2. The van der Waals surface area contributed by atoms with Crippen LogP contribution in [-0.4, -0.2) is 10.1 Å². The van der Waals surface area contributed by atoms with E-state index in [1.165, 1.54) is 6.07 Å². The third-order valence-corrected chi connectivity index (χ3v) is 5.10. The summed E-state index contributed by atoms with van der Waals surface area (Å²) in [7, 11) is 0. The van der Waals surface area contributed by atoms with Gasteiger partial charge in [0.2, 0.25) is 0 Å². The summed E-state index contributed by atoms with van der Waals surface area (Å²) in [4.78, 5) is 0.200. The van der Waals surface area contributed by atoms with E-state index in [0.717, 1.165) is 11.1 Å². The molecule has 0 radical (unpaired) electrons. The molecule has 0 spiro atoms. The SMILES string of the molecule is O/C(=C(\C(=S)Nc1ccccc1F)[n+]1ccccc1)c1ccc(-c2ccccc2)cc1. The molecule has 0 aliphatic heterocycles. The van der Waals surface area contributed by atoms with Crippen molar-refractivity contribution in [3.63, 3.8) is 0 Å². The van der Waals surface area contributed by atoms with Crippen LogP contribution in [0.3, 0.4) is 0 Å². The second-order valence-electron chi connectivity index (χ2n) is 6.86. The first-order valence-electron chi connectivity index (χ1n) is 9.75. The lowest BCUT2D eigenvalue weighted by Crippen LogP contribution is -2.38. The second kappa shape index (κ2) is 9.32. The fourth-order valence-corrected chi connectivity index (χ4v) is 3.54. The van der Waals surface area contributed by atoms with E-state index in [1.807, 2.05) is 72.8 Å². The molecule has 0 unspecified atom stereocenters. The number of nitrogens with zero attached hydrogens (tertiary/aromatic N) is 1. The van der Waals surface area contributed by atoms with Crippen LogP contribution in [0.5, 0.6) is 0 Å². The molecule has 0 saturated carbocycles. The molecule has 0 aliphatic rings. The van der Waals surface area contributed by atoms with E-state index in [2.05, 4.69) is 5.32 Å². The van der Waals surface area contributed by atoms with Crippen molar-refractivity contribution >= 4 is 34.3 Å². The number of pyridine rings is 1. The number of nitrogens with one attached hydrogen (secondary N) is 1. The summed E-state index contributed by atoms with van der Waals surface area (Å²) in [5.74, 6) is -0.432. The topological polar surface area (TPSA) is 36.1 Å². The lowest BCUT2D eigenvalue weighted by atomic mass is 10.0. The van der Waals surface area contributed by atoms with E-state index < -0.39 is 5.82 Å². The van der Waals surface area contributed by atoms with Crippen molar-refractivity contribution in [1.82, 2.24) is 0 Å². The van der Waals surface area contributed by atoms with Crippen molar-refractivity contribution in [1.29, 1.82) is 0 Å². The number of halogens is 1. The molecular weight excluding hydrogens is 407 g/mol. The van der Waals surface area contributed by atoms with Crippen molar-refractivity contribution in [2.75, 3.05) is 5.32 Å². The first kappa shape index (κ1) is 20.4. The molecule has 1 aromatic heterocycles. The predicted octanol–water partition coefficient (Wildman–Crippen LogP) is 6.10. The maximum absolute atomic E-state index is 14.1. The molecule has 31 heavy (non-hydrogen) atoms. The van der Waals surface area contributed by atoms with Gasteiger partial charge < -0.3 is 10.4 Å². The summed E-state index contributed by atoms with van der Waals surface area (Å²) >= 11 is 5.56. The molecule has 3 nitrogen and oxygen atoms in total. The molecule has 0 aliphatic carbocycles. The van der Waals surface area contributed by atoms with E-state index >= 15 is 0 Å². The van der Waals surface area contributed by atoms with Crippen LogP contribution in [-0.2, 0) is 0 Å². The van der Waals surface area contributed by atoms with Gasteiger partial charge >= 0.3 is 0 Å². The fraction of sp³-hybridized carbons (Fsp3) is 0. The van der Waals surface area contributed by atoms with Crippen LogP contribution in [0.15, 0.2) is 109 Å². The van der Waals surface area contributed by atoms with Crippen LogP contribution in [0, 0.1) is 5.82 Å². The quantitative estimate of drug-likeness (QED) is 0.175. The van der Waals surface area contributed by atoms with Gasteiger partial charge in [-0.1, -0.05) is 85.0 Å². The average molecular weight is 428 g/mol. The largest absolute Gasteiger partial charge is 0.502 e. The van der Waals surface area contributed by atoms with E-state index in [0.29, 0.717) is 11.3 Å². The Morgan fingerprint density at radius 1 is 0.742 bits per heavy atom. The lowest BCUT2D eigenvalue weighted by molar-refractivity contribution is -0.575. The van der Waals surface area contributed by atoms with Gasteiger partial charge in [-0.25, -0.2) is 4.39 Å². The predicted molar refractivity (Wildman–Crippen MR) is 127 cm³/mol. The number of aromatic nitrogens is 1. The lowest BCUT2D eigenvalue weighted by Gasteiger charge is -2.11. The Hall–Kier alpha value is -3.83. The number of benzene rings is 3. The molecular formula is C26H20FN2OS+. The first-order valence-corrected chi connectivity index (χ1v) is 10.2. The highest BCUT2D eigenvalue weighted by atomic mass is 32.1. The van der Waals surface area contributed by atoms with Crippen molar-refractivity contribution < 1.29 is 14.1 Å². The molecule has 1 heterocycles. The summed E-state index contributed by atoms with van der Waals surface area (Å²) in [5, 5.41) is 14.1. The number of aliphatic hydroxyl groups excluding tert-OH is 1. The monoisotopic (exact) mass is 427 g/mol. The summed E-state index contributed by atoms with van der Waals surface area (Å²) in [6.07, 6.45) is 3.55. The highest BCUT2D eigenvalue weighted by Gasteiger charge is 2.24. The van der Waals surface area contributed by atoms with Crippen LogP contribution in [0.2, 0.25) is 0 Å². The number of anilines is 1. The van der Waals surface area contributed by atoms with Crippen molar-refractivity contribution in [2.24, 2.45) is 0 Å². The average Bonchev–Trinajstić information content (AvgIpc) is 2.82. The van der Waals surface area contributed by atoms with Crippen LogP contribution in [0.1, 0.15) is 5.56 Å². The summed E-state index contributed by atoms with van der Waals surface area (Å²) in [6.45, 7) is 0. The van der Waals surface area contributed by atoms with Gasteiger partial charge in [0.25, 0.3) is 5.70 Å². The van der Waals surface area contributed by atoms with Gasteiger partial charge in [0.15, 0.2) is 23.1 Å². The van der Waals surface area contributed by atoms with E-state index in [1.54, 1.807) is 35.2 Å². The molecule has 152 valence electrons. The molecule has 2 N–H and O–H groups in total. The Balaban J connectivity index is 1.73. The van der Waals surface area contributed by atoms with Crippen molar-refractivity contribution in [3.8, 4) is 11.1 Å². The molecule has 0 fully saturated rings. The highest BCUT2D eigenvalue weighted by molar-refractivity contribution is 7.81. The molecule has 4 rings (SSSR count). The molecule has 3 aromatic carbocycles. The Morgan fingerprint density at radius 3 is 2.00 bits per heavy atom.